The number of rotatable bonds is 3. The van der Waals surface area contributed by atoms with Crippen LogP contribution in [0.1, 0.15) is 23.1 Å². The molecule has 3 nitrogen and oxygen atoms in total. The molecule has 0 saturated carbocycles. The molecule has 100 valence electrons. The molecule has 0 aliphatic heterocycles. The standard InChI is InChI=1S/C13H12BrF2N3/c1-7-18-6-5-10(19-7)13(17-2)11-9(15)4-3-8(14)12(11)16/h3-6,13,17H,1-2H3. The van der Waals surface area contributed by atoms with Crippen LogP contribution >= 0.6 is 15.9 Å². The molecule has 0 saturated heterocycles. The smallest absolute Gasteiger partial charge is 0.145 e. The first-order valence-electron chi connectivity index (χ1n) is 5.64. The molecule has 1 unspecified atom stereocenters. The van der Waals surface area contributed by atoms with Crippen molar-refractivity contribution in [3.05, 3.63) is 57.6 Å². The number of benzene rings is 1. The highest BCUT2D eigenvalue weighted by Gasteiger charge is 2.23. The second-order valence-corrected chi connectivity index (χ2v) is 4.86. The van der Waals surface area contributed by atoms with Crippen LogP contribution in [0, 0.1) is 18.6 Å². The number of hydrogen-bond acceptors (Lipinski definition) is 3. The fourth-order valence-corrected chi connectivity index (χ4v) is 2.23. The topological polar surface area (TPSA) is 37.8 Å². The minimum atomic E-state index is -0.667. The number of halogens is 3. The van der Waals surface area contributed by atoms with Crippen molar-refractivity contribution in [1.29, 1.82) is 0 Å². The number of hydrogen-bond donors (Lipinski definition) is 1. The second kappa shape index (κ2) is 5.71. The number of aryl methyl sites for hydroxylation is 1. The molecule has 0 spiro atoms. The van der Waals surface area contributed by atoms with Gasteiger partial charge in [-0.05, 0) is 48.1 Å². The fourth-order valence-electron chi connectivity index (χ4n) is 1.88. The van der Waals surface area contributed by atoms with Crippen molar-refractivity contribution in [1.82, 2.24) is 15.3 Å². The van der Waals surface area contributed by atoms with E-state index in [0.717, 1.165) is 0 Å². The Labute approximate surface area is 118 Å². The fraction of sp³-hybridized carbons (Fsp3) is 0.231. The van der Waals surface area contributed by atoms with Crippen molar-refractivity contribution in [3.63, 3.8) is 0 Å². The van der Waals surface area contributed by atoms with E-state index in [0.29, 0.717) is 11.5 Å². The average Bonchev–Trinajstić information content (AvgIpc) is 2.39. The van der Waals surface area contributed by atoms with E-state index in [-0.39, 0.29) is 10.0 Å². The van der Waals surface area contributed by atoms with Crippen molar-refractivity contribution in [2.45, 2.75) is 13.0 Å². The van der Waals surface area contributed by atoms with E-state index < -0.39 is 17.7 Å². The van der Waals surface area contributed by atoms with Gasteiger partial charge in [0.1, 0.15) is 17.5 Å². The molecular formula is C13H12BrF2N3. The van der Waals surface area contributed by atoms with Crippen LogP contribution in [0.15, 0.2) is 28.9 Å². The largest absolute Gasteiger partial charge is 0.308 e. The molecule has 1 atom stereocenters. The maximum Gasteiger partial charge on any atom is 0.145 e. The third-order valence-corrected chi connectivity index (χ3v) is 3.36. The molecule has 2 rings (SSSR count). The van der Waals surface area contributed by atoms with Crippen LogP contribution in [0.2, 0.25) is 0 Å². The van der Waals surface area contributed by atoms with Gasteiger partial charge in [0.05, 0.1) is 16.2 Å². The normalized spacial score (nSPS) is 12.5. The summed E-state index contributed by atoms with van der Waals surface area (Å²) in [5.41, 5.74) is 0.459. The molecule has 6 heteroatoms. The van der Waals surface area contributed by atoms with Crippen LogP contribution < -0.4 is 5.32 Å². The summed E-state index contributed by atoms with van der Waals surface area (Å²) in [5.74, 6) is -0.694. The van der Waals surface area contributed by atoms with Crippen molar-refractivity contribution >= 4 is 15.9 Å². The van der Waals surface area contributed by atoms with Crippen LogP contribution in [0.5, 0.6) is 0 Å². The van der Waals surface area contributed by atoms with E-state index in [1.165, 1.54) is 12.1 Å². The van der Waals surface area contributed by atoms with Crippen LogP contribution in [0.25, 0.3) is 0 Å². The van der Waals surface area contributed by atoms with Crippen molar-refractivity contribution in [3.8, 4) is 0 Å². The summed E-state index contributed by atoms with van der Waals surface area (Å²) in [6, 6.07) is 3.53. The molecule has 2 aromatic rings. The number of nitrogens with zero attached hydrogens (tertiary/aromatic N) is 2. The van der Waals surface area contributed by atoms with Crippen LogP contribution in [-0.4, -0.2) is 17.0 Å². The summed E-state index contributed by atoms with van der Waals surface area (Å²) >= 11 is 3.06. The first-order chi connectivity index (χ1) is 9.04. The quantitative estimate of drug-likeness (QED) is 0.880. The lowest BCUT2D eigenvalue weighted by atomic mass is 10.0. The third-order valence-electron chi connectivity index (χ3n) is 2.75. The summed E-state index contributed by atoms with van der Waals surface area (Å²) in [4.78, 5) is 8.19. The summed E-state index contributed by atoms with van der Waals surface area (Å²) in [6.45, 7) is 1.73. The lowest BCUT2D eigenvalue weighted by Gasteiger charge is -2.18. The summed E-state index contributed by atoms with van der Waals surface area (Å²) < 4.78 is 28.2. The molecule has 1 aromatic heterocycles. The first-order valence-corrected chi connectivity index (χ1v) is 6.44. The van der Waals surface area contributed by atoms with Crippen molar-refractivity contribution in [2.75, 3.05) is 7.05 Å². The van der Waals surface area contributed by atoms with Gasteiger partial charge in [0.2, 0.25) is 0 Å². The van der Waals surface area contributed by atoms with Gasteiger partial charge in [-0.25, -0.2) is 18.7 Å². The predicted molar refractivity (Wildman–Crippen MR) is 71.7 cm³/mol. The highest BCUT2D eigenvalue weighted by atomic mass is 79.9. The molecule has 1 N–H and O–H groups in total. The molecule has 1 heterocycles. The molecular weight excluding hydrogens is 316 g/mol. The molecule has 0 amide bonds. The predicted octanol–water partition coefficient (Wildman–Crippen LogP) is 3.13. The van der Waals surface area contributed by atoms with E-state index in [9.17, 15) is 8.78 Å². The van der Waals surface area contributed by atoms with Gasteiger partial charge >= 0.3 is 0 Å². The highest BCUT2D eigenvalue weighted by Crippen LogP contribution is 2.29. The van der Waals surface area contributed by atoms with Gasteiger partial charge in [-0.15, -0.1) is 0 Å². The van der Waals surface area contributed by atoms with Crippen LogP contribution in [-0.2, 0) is 0 Å². The highest BCUT2D eigenvalue weighted by molar-refractivity contribution is 9.10. The maximum absolute atomic E-state index is 14.1. The number of aromatic nitrogens is 2. The third kappa shape index (κ3) is 2.79. The molecule has 0 fully saturated rings. The Kier molecular flexibility index (Phi) is 4.21. The lowest BCUT2D eigenvalue weighted by molar-refractivity contribution is 0.513. The zero-order valence-corrected chi connectivity index (χ0v) is 12.0. The number of nitrogens with one attached hydrogen (secondary N) is 1. The molecule has 0 aliphatic carbocycles. The maximum atomic E-state index is 14.1. The Bertz CT molecular complexity index is 604. The van der Waals surface area contributed by atoms with Gasteiger partial charge in [0, 0.05) is 11.8 Å². The van der Waals surface area contributed by atoms with E-state index in [1.54, 1.807) is 26.2 Å². The van der Waals surface area contributed by atoms with Gasteiger partial charge in [0.25, 0.3) is 0 Å². The summed E-state index contributed by atoms with van der Waals surface area (Å²) in [7, 11) is 1.63. The Hall–Kier alpha value is -1.40. The van der Waals surface area contributed by atoms with Gasteiger partial charge < -0.3 is 5.32 Å². The Morgan fingerprint density at radius 3 is 2.63 bits per heavy atom. The van der Waals surface area contributed by atoms with E-state index >= 15 is 0 Å². The average molecular weight is 328 g/mol. The van der Waals surface area contributed by atoms with Crippen molar-refractivity contribution in [2.24, 2.45) is 0 Å². The molecule has 1 aromatic carbocycles. The van der Waals surface area contributed by atoms with E-state index in [2.05, 4.69) is 31.2 Å². The minimum absolute atomic E-state index is 0.0602. The second-order valence-electron chi connectivity index (χ2n) is 4.01. The van der Waals surface area contributed by atoms with Gasteiger partial charge in [-0.2, -0.15) is 0 Å². The molecule has 0 radical (unpaired) electrons. The van der Waals surface area contributed by atoms with E-state index in [1.807, 2.05) is 0 Å². The van der Waals surface area contributed by atoms with Crippen molar-refractivity contribution < 1.29 is 8.78 Å². The van der Waals surface area contributed by atoms with Crippen LogP contribution in [0.3, 0.4) is 0 Å². The molecule has 0 bridgehead atoms. The van der Waals surface area contributed by atoms with Crippen LogP contribution in [0.4, 0.5) is 8.78 Å². The summed E-state index contributed by atoms with van der Waals surface area (Å²) in [6.07, 6.45) is 1.57. The Morgan fingerprint density at radius 2 is 2.00 bits per heavy atom. The SMILES string of the molecule is CNC(c1ccnc(C)n1)c1c(F)ccc(Br)c1F. The monoisotopic (exact) mass is 327 g/mol. The first kappa shape index (κ1) is 14.0. The van der Waals surface area contributed by atoms with E-state index in [4.69, 9.17) is 0 Å². The molecule has 0 aliphatic rings. The van der Waals surface area contributed by atoms with Gasteiger partial charge in [-0.3, -0.25) is 0 Å². The lowest BCUT2D eigenvalue weighted by Crippen LogP contribution is -2.22. The summed E-state index contributed by atoms with van der Waals surface area (Å²) in [5, 5.41) is 2.88. The zero-order chi connectivity index (χ0) is 14.0. The zero-order valence-electron chi connectivity index (χ0n) is 10.4. The van der Waals surface area contributed by atoms with Gasteiger partial charge in [-0.1, -0.05) is 0 Å². The van der Waals surface area contributed by atoms with Gasteiger partial charge in [0.15, 0.2) is 0 Å². The Morgan fingerprint density at radius 1 is 1.26 bits per heavy atom. The molecule has 19 heavy (non-hydrogen) atoms. The minimum Gasteiger partial charge on any atom is -0.308 e. The Balaban J connectivity index is 2.57.